The van der Waals surface area contributed by atoms with Gasteiger partial charge >= 0.3 is 0 Å². The zero-order valence-electron chi connectivity index (χ0n) is 5.68. The van der Waals surface area contributed by atoms with Crippen LogP contribution in [0.3, 0.4) is 0 Å². The van der Waals surface area contributed by atoms with Crippen molar-refractivity contribution in [2.75, 3.05) is 25.6 Å². The standard InChI is InChI=1S/C6H13NOS/c1-6(2-7-5-9)3-8-4-6/h7,9H,2-5H2,1H3. The normalized spacial score (nSPS) is 23.3. The Labute approximate surface area is 61.4 Å². The van der Waals surface area contributed by atoms with Gasteiger partial charge in [0.2, 0.25) is 0 Å². The summed E-state index contributed by atoms with van der Waals surface area (Å²) in [6, 6.07) is 0. The molecule has 0 unspecified atom stereocenters. The first-order valence-corrected chi connectivity index (χ1v) is 3.79. The van der Waals surface area contributed by atoms with Crippen molar-refractivity contribution in [1.82, 2.24) is 5.32 Å². The van der Waals surface area contributed by atoms with E-state index in [1.165, 1.54) is 0 Å². The van der Waals surface area contributed by atoms with Crippen molar-refractivity contribution >= 4 is 12.6 Å². The number of rotatable bonds is 3. The van der Waals surface area contributed by atoms with Crippen molar-refractivity contribution in [2.24, 2.45) is 5.41 Å². The second-order valence-electron chi connectivity index (χ2n) is 2.89. The van der Waals surface area contributed by atoms with E-state index in [9.17, 15) is 0 Å². The van der Waals surface area contributed by atoms with Crippen LogP contribution in [0, 0.1) is 5.41 Å². The number of hydrogen-bond donors (Lipinski definition) is 2. The van der Waals surface area contributed by atoms with Gasteiger partial charge in [-0.2, -0.15) is 12.6 Å². The van der Waals surface area contributed by atoms with Crippen LogP contribution in [-0.2, 0) is 4.74 Å². The Morgan fingerprint density at radius 2 is 2.33 bits per heavy atom. The van der Waals surface area contributed by atoms with E-state index in [1.54, 1.807) is 0 Å². The fourth-order valence-electron chi connectivity index (χ4n) is 0.910. The molecule has 0 saturated carbocycles. The molecular formula is C6H13NOS. The third-order valence-corrected chi connectivity index (χ3v) is 1.79. The predicted molar refractivity (Wildman–Crippen MR) is 40.8 cm³/mol. The minimum atomic E-state index is 0.392. The molecule has 1 N–H and O–H groups in total. The third-order valence-electron chi connectivity index (χ3n) is 1.56. The van der Waals surface area contributed by atoms with E-state index >= 15 is 0 Å². The Morgan fingerprint density at radius 1 is 1.67 bits per heavy atom. The summed E-state index contributed by atoms with van der Waals surface area (Å²) in [7, 11) is 0. The van der Waals surface area contributed by atoms with Crippen LogP contribution in [0.2, 0.25) is 0 Å². The molecule has 0 spiro atoms. The molecule has 1 saturated heterocycles. The lowest BCUT2D eigenvalue weighted by Gasteiger charge is -2.38. The van der Waals surface area contributed by atoms with Crippen LogP contribution in [0.5, 0.6) is 0 Å². The second kappa shape index (κ2) is 2.90. The zero-order chi connectivity index (χ0) is 6.74. The molecule has 0 aromatic rings. The van der Waals surface area contributed by atoms with E-state index in [2.05, 4.69) is 24.9 Å². The fourth-order valence-corrected chi connectivity index (χ4v) is 1.02. The van der Waals surface area contributed by atoms with Gasteiger partial charge in [-0.25, -0.2) is 0 Å². The smallest absolute Gasteiger partial charge is 0.0554 e. The topological polar surface area (TPSA) is 21.3 Å². The van der Waals surface area contributed by atoms with Crippen molar-refractivity contribution in [3.8, 4) is 0 Å². The molecule has 0 atom stereocenters. The van der Waals surface area contributed by atoms with E-state index in [0.717, 1.165) is 25.6 Å². The van der Waals surface area contributed by atoms with Gasteiger partial charge < -0.3 is 10.1 Å². The lowest BCUT2D eigenvalue weighted by Crippen LogP contribution is -2.47. The van der Waals surface area contributed by atoms with E-state index < -0.39 is 0 Å². The van der Waals surface area contributed by atoms with Crippen LogP contribution < -0.4 is 5.32 Å². The SMILES string of the molecule is CC1(CNCS)COC1. The number of nitrogens with one attached hydrogen (secondary N) is 1. The predicted octanol–water partition coefficient (Wildman–Crippen LogP) is 0.500. The maximum atomic E-state index is 5.07. The highest BCUT2D eigenvalue weighted by Gasteiger charge is 2.32. The quantitative estimate of drug-likeness (QED) is 0.448. The Kier molecular flexibility index (Phi) is 2.38. The molecule has 0 amide bonds. The highest BCUT2D eigenvalue weighted by Crippen LogP contribution is 2.24. The Hall–Kier alpha value is 0.270. The van der Waals surface area contributed by atoms with Crippen molar-refractivity contribution < 1.29 is 4.74 Å². The molecule has 1 fully saturated rings. The van der Waals surface area contributed by atoms with Gasteiger partial charge in [-0.1, -0.05) is 6.92 Å². The number of ether oxygens (including phenoxy) is 1. The lowest BCUT2D eigenvalue weighted by molar-refractivity contribution is -0.0983. The van der Waals surface area contributed by atoms with Gasteiger partial charge in [-0.15, -0.1) is 0 Å². The summed E-state index contributed by atoms with van der Waals surface area (Å²) in [6.45, 7) is 5.03. The summed E-state index contributed by atoms with van der Waals surface area (Å²) in [5.41, 5.74) is 0.392. The molecule has 1 aliphatic rings. The van der Waals surface area contributed by atoms with Crippen LogP contribution in [0.25, 0.3) is 0 Å². The monoisotopic (exact) mass is 147 g/mol. The summed E-state index contributed by atoms with van der Waals surface area (Å²) in [4.78, 5) is 0. The van der Waals surface area contributed by atoms with E-state index in [4.69, 9.17) is 4.74 Å². The number of hydrogen-bond acceptors (Lipinski definition) is 3. The summed E-state index contributed by atoms with van der Waals surface area (Å²) in [5, 5.41) is 3.17. The molecule has 54 valence electrons. The van der Waals surface area contributed by atoms with Crippen LogP contribution in [0.1, 0.15) is 6.92 Å². The largest absolute Gasteiger partial charge is 0.380 e. The van der Waals surface area contributed by atoms with Crippen molar-refractivity contribution in [2.45, 2.75) is 6.92 Å². The third kappa shape index (κ3) is 1.85. The zero-order valence-corrected chi connectivity index (χ0v) is 6.58. The van der Waals surface area contributed by atoms with Gasteiger partial charge in [0.25, 0.3) is 0 Å². The van der Waals surface area contributed by atoms with Crippen molar-refractivity contribution in [3.63, 3.8) is 0 Å². The highest BCUT2D eigenvalue weighted by atomic mass is 32.1. The molecule has 0 radical (unpaired) electrons. The fraction of sp³-hybridized carbons (Fsp3) is 1.00. The summed E-state index contributed by atoms with van der Waals surface area (Å²) < 4.78 is 5.07. The molecule has 2 nitrogen and oxygen atoms in total. The molecule has 3 heteroatoms. The van der Waals surface area contributed by atoms with Crippen molar-refractivity contribution in [1.29, 1.82) is 0 Å². The van der Waals surface area contributed by atoms with Gasteiger partial charge in [0.15, 0.2) is 0 Å². The molecule has 1 rings (SSSR count). The summed E-state index contributed by atoms with van der Waals surface area (Å²) >= 11 is 4.04. The molecule has 0 aliphatic carbocycles. The van der Waals surface area contributed by atoms with Gasteiger partial charge in [-0.05, 0) is 0 Å². The second-order valence-corrected chi connectivity index (χ2v) is 3.20. The van der Waals surface area contributed by atoms with Gasteiger partial charge in [-0.3, -0.25) is 0 Å². The molecule has 0 aromatic carbocycles. The Bertz CT molecular complexity index is 93.1. The Morgan fingerprint density at radius 3 is 2.67 bits per heavy atom. The average molecular weight is 147 g/mol. The number of thiol groups is 1. The summed E-state index contributed by atoms with van der Waals surface area (Å²) in [5.74, 6) is 0.760. The van der Waals surface area contributed by atoms with E-state index in [0.29, 0.717) is 5.41 Å². The minimum absolute atomic E-state index is 0.392. The van der Waals surface area contributed by atoms with Crippen LogP contribution in [-0.4, -0.2) is 25.6 Å². The minimum Gasteiger partial charge on any atom is -0.380 e. The molecule has 0 aromatic heterocycles. The first-order chi connectivity index (χ1) is 4.27. The molecular weight excluding hydrogens is 134 g/mol. The van der Waals surface area contributed by atoms with Crippen molar-refractivity contribution in [3.05, 3.63) is 0 Å². The van der Waals surface area contributed by atoms with Gasteiger partial charge in [0, 0.05) is 17.8 Å². The summed E-state index contributed by atoms with van der Waals surface area (Å²) in [6.07, 6.45) is 0. The first kappa shape index (κ1) is 7.38. The Balaban J connectivity index is 2.09. The molecule has 0 bridgehead atoms. The highest BCUT2D eigenvalue weighted by molar-refractivity contribution is 7.80. The lowest BCUT2D eigenvalue weighted by atomic mass is 9.89. The maximum Gasteiger partial charge on any atom is 0.0554 e. The average Bonchev–Trinajstić information content (AvgIpc) is 1.79. The first-order valence-electron chi connectivity index (χ1n) is 3.16. The molecule has 1 heterocycles. The van der Waals surface area contributed by atoms with E-state index in [1.807, 2.05) is 0 Å². The van der Waals surface area contributed by atoms with E-state index in [-0.39, 0.29) is 0 Å². The van der Waals surface area contributed by atoms with Crippen LogP contribution in [0.4, 0.5) is 0 Å². The van der Waals surface area contributed by atoms with Gasteiger partial charge in [0.1, 0.15) is 0 Å². The maximum absolute atomic E-state index is 5.07. The molecule has 1 aliphatic heterocycles. The van der Waals surface area contributed by atoms with Crippen LogP contribution in [0.15, 0.2) is 0 Å². The van der Waals surface area contributed by atoms with Crippen LogP contribution >= 0.6 is 12.6 Å². The van der Waals surface area contributed by atoms with Gasteiger partial charge in [0.05, 0.1) is 13.2 Å². The molecule has 9 heavy (non-hydrogen) atoms.